The summed E-state index contributed by atoms with van der Waals surface area (Å²) in [6, 6.07) is 17.6. The Labute approximate surface area is 159 Å². The number of pyridine rings is 1. The molecule has 3 nitrogen and oxygen atoms in total. The minimum atomic E-state index is -0.291. The van der Waals surface area contributed by atoms with Crippen LogP contribution in [0, 0.1) is 12.7 Å². The Morgan fingerprint density at radius 2 is 1.78 bits per heavy atom. The minimum absolute atomic E-state index is 0.00364. The summed E-state index contributed by atoms with van der Waals surface area (Å²) < 4.78 is 13.5. The van der Waals surface area contributed by atoms with Gasteiger partial charge in [0.15, 0.2) is 0 Å². The quantitative estimate of drug-likeness (QED) is 0.647. The number of nitrogens with zero attached hydrogens (tertiary/aromatic N) is 2. The molecule has 0 aliphatic rings. The zero-order chi connectivity index (χ0) is 19.4. The van der Waals surface area contributed by atoms with E-state index in [1.165, 1.54) is 12.1 Å². The highest BCUT2D eigenvalue weighted by atomic mass is 19.1. The lowest BCUT2D eigenvalue weighted by atomic mass is 10.0. The van der Waals surface area contributed by atoms with E-state index in [9.17, 15) is 9.18 Å². The normalized spacial score (nSPS) is 11.9. The highest BCUT2D eigenvalue weighted by molar-refractivity contribution is 5.95. The molecule has 0 spiro atoms. The molecule has 4 heteroatoms. The van der Waals surface area contributed by atoms with Gasteiger partial charge in [-0.15, -0.1) is 0 Å². The third-order valence-electron chi connectivity index (χ3n) is 4.86. The molecule has 3 rings (SSSR count). The monoisotopic (exact) mass is 362 g/mol. The Bertz CT molecular complexity index is 954. The van der Waals surface area contributed by atoms with Crippen LogP contribution in [0.2, 0.25) is 0 Å². The van der Waals surface area contributed by atoms with Gasteiger partial charge in [-0.2, -0.15) is 0 Å². The average Bonchev–Trinajstić information content (AvgIpc) is 2.68. The van der Waals surface area contributed by atoms with Crippen LogP contribution in [0.1, 0.15) is 28.5 Å². The fraction of sp³-hybridized carbons (Fsp3) is 0.217. The number of hydrogen-bond donors (Lipinski definition) is 0. The van der Waals surface area contributed by atoms with E-state index in [0.717, 1.165) is 22.4 Å². The molecule has 2 aromatic carbocycles. The second-order valence-corrected chi connectivity index (χ2v) is 6.83. The first kappa shape index (κ1) is 18.8. The van der Waals surface area contributed by atoms with Gasteiger partial charge >= 0.3 is 0 Å². The van der Waals surface area contributed by atoms with Crippen LogP contribution in [0.15, 0.2) is 66.9 Å². The number of likely N-dealkylation sites (N-methyl/N-ethyl adjacent to an activating group) is 1. The number of hydrogen-bond acceptors (Lipinski definition) is 2. The van der Waals surface area contributed by atoms with Gasteiger partial charge in [0.25, 0.3) is 5.91 Å². The summed E-state index contributed by atoms with van der Waals surface area (Å²) >= 11 is 0. The van der Waals surface area contributed by atoms with Gasteiger partial charge < -0.3 is 4.90 Å². The van der Waals surface area contributed by atoms with Crippen molar-refractivity contribution in [2.45, 2.75) is 26.3 Å². The van der Waals surface area contributed by atoms with Crippen molar-refractivity contribution in [1.29, 1.82) is 0 Å². The maximum atomic E-state index is 13.5. The van der Waals surface area contributed by atoms with E-state index in [1.807, 2.05) is 50.2 Å². The molecule has 0 bridgehead atoms. The number of amides is 1. The summed E-state index contributed by atoms with van der Waals surface area (Å²) in [4.78, 5) is 19.1. The molecule has 1 unspecified atom stereocenters. The highest BCUT2D eigenvalue weighted by Crippen LogP contribution is 2.22. The second kappa shape index (κ2) is 8.12. The molecule has 3 aromatic rings. The number of carbonyl (C=O) groups is 1. The zero-order valence-electron chi connectivity index (χ0n) is 15.8. The molecular formula is C23H23FN2O. The van der Waals surface area contributed by atoms with E-state index in [-0.39, 0.29) is 17.8 Å². The molecule has 0 radical (unpaired) electrons. The lowest BCUT2D eigenvalue weighted by Crippen LogP contribution is -2.36. The molecule has 1 amide bonds. The summed E-state index contributed by atoms with van der Waals surface area (Å²) in [7, 11) is 1.81. The first-order chi connectivity index (χ1) is 13.0. The zero-order valence-corrected chi connectivity index (χ0v) is 15.8. The number of carbonyl (C=O) groups excluding carboxylic acids is 1. The van der Waals surface area contributed by atoms with Crippen molar-refractivity contribution in [3.8, 4) is 11.1 Å². The first-order valence-corrected chi connectivity index (χ1v) is 8.99. The van der Waals surface area contributed by atoms with Crippen LogP contribution >= 0.6 is 0 Å². The van der Waals surface area contributed by atoms with Crippen LogP contribution < -0.4 is 0 Å². The molecule has 0 aliphatic carbocycles. The standard InChI is InChI=1S/C23H23FN2O/c1-16-7-6-12-25-22(16)13-17(2)26(3)23(27)20-10-4-8-18(14-20)19-9-5-11-21(24)15-19/h4-12,14-15,17H,13H2,1-3H3. The Morgan fingerprint density at radius 3 is 2.48 bits per heavy atom. The molecule has 1 aromatic heterocycles. The van der Waals surface area contributed by atoms with Gasteiger partial charge in [-0.05, 0) is 60.9 Å². The van der Waals surface area contributed by atoms with Crippen LogP contribution in [0.25, 0.3) is 11.1 Å². The molecule has 138 valence electrons. The van der Waals surface area contributed by atoms with Crippen molar-refractivity contribution in [3.05, 3.63) is 89.5 Å². The lowest BCUT2D eigenvalue weighted by molar-refractivity contribution is 0.0743. The number of rotatable bonds is 5. The molecule has 0 saturated heterocycles. The Hall–Kier alpha value is -3.01. The van der Waals surface area contributed by atoms with E-state index in [1.54, 1.807) is 30.3 Å². The van der Waals surface area contributed by atoms with Gasteiger partial charge in [-0.3, -0.25) is 9.78 Å². The van der Waals surface area contributed by atoms with Crippen LogP contribution in [0.4, 0.5) is 4.39 Å². The molecule has 1 atom stereocenters. The maximum absolute atomic E-state index is 13.5. The fourth-order valence-corrected chi connectivity index (χ4v) is 3.05. The van der Waals surface area contributed by atoms with Gasteiger partial charge in [-0.25, -0.2) is 4.39 Å². The van der Waals surface area contributed by atoms with E-state index in [0.29, 0.717) is 12.0 Å². The number of benzene rings is 2. The summed E-state index contributed by atoms with van der Waals surface area (Å²) in [5.41, 5.74) is 4.28. The average molecular weight is 362 g/mol. The van der Waals surface area contributed by atoms with Crippen molar-refractivity contribution >= 4 is 5.91 Å². The number of halogens is 1. The highest BCUT2D eigenvalue weighted by Gasteiger charge is 2.19. The van der Waals surface area contributed by atoms with E-state index >= 15 is 0 Å². The lowest BCUT2D eigenvalue weighted by Gasteiger charge is -2.25. The van der Waals surface area contributed by atoms with Crippen LogP contribution in [0.5, 0.6) is 0 Å². The summed E-state index contributed by atoms with van der Waals surface area (Å²) in [5.74, 6) is -0.352. The molecule has 0 fully saturated rings. The molecule has 1 heterocycles. The predicted molar refractivity (Wildman–Crippen MR) is 106 cm³/mol. The Kier molecular flexibility index (Phi) is 5.65. The third kappa shape index (κ3) is 4.40. The second-order valence-electron chi connectivity index (χ2n) is 6.83. The van der Waals surface area contributed by atoms with Crippen molar-refractivity contribution < 1.29 is 9.18 Å². The minimum Gasteiger partial charge on any atom is -0.339 e. The molecule has 0 saturated carbocycles. The summed E-state index contributed by atoms with van der Waals surface area (Å²) in [6.45, 7) is 4.04. The smallest absolute Gasteiger partial charge is 0.253 e. The van der Waals surface area contributed by atoms with Gasteiger partial charge in [-0.1, -0.05) is 30.3 Å². The van der Waals surface area contributed by atoms with E-state index in [2.05, 4.69) is 4.98 Å². The van der Waals surface area contributed by atoms with Crippen LogP contribution in [-0.2, 0) is 6.42 Å². The van der Waals surface area contributed by atoms with Crippen molar-refractivity contribution in [1.82, 2.24) is 9.88 Å². The number of aryl methyl sites for hydroxylation is 1. The summed E-state index contributed by atoms with van der Waals surface area (Å²) in [5, 5.41) is 0. The topological polar surface area (TPSA) is 33.2 Å². The molecule has 27 heavy (non-hydrogen) atoms. The molecule has 0 N–H and O–H groups in total. The van der Waals surface area contributed by atoms with Crippen molar-refractivity contribution in [2.75, 3.05) is 7.05 Å². The first-order valence-electron chi connectivity index (χ1n) is 8.99. The van der Waals surface area contributed by atoms with Gasteiger partial charge in [0, 0.05) is 37.0 Å². The fourth-order valence-electron chi connectivity index (χ4n) is 3.05. The Morgan fingerprint density at radius 1 is 1.07 bits per heavy atom. The van der Waals surface area contributed by atoms with Crippen molar-refractivity contribution in [3.63, 3.8) is 0 Å². The predicted octanol–water partition coefficient (Wildman–Crippen LogP) is 4.90. The van der Waals surface area contributed by atoms with Gasteiger partial charge in [0.05, 0.1) is 0 Å². The largest absolute Gasteiger partial charge is 0.339 e. The summed E-state index contributed by atoms with van der Waals surface area (Å²) in [6.07, 6.45) is 2.47. The third-order valence-corrected chi connectivity index (χ3v) is 4.86. The van der Waals surface area contributed by atoms with Gasteiger partial charge in [0.2, 0.25) is 0 Å². The maximum Gasteiger partial charge on any atom is 0.253 e. The molecule has 0 aliphatic heterocycles. The van der Waals surface area contributed by atoms with E-state index in [4.69, 9.17) is 0 Å². The van der Waals surface area contributed by atoms with Crippen molar-refractivity contribution in [2.24, 2.45) is 0 Å². The van der Waals surface area contributed by atoms with Crippen LogP contribution in [0.3, 0.4) is 0 Å². The molecular weight excluding hydrogens is 339 g/mol. The van der Waals surface area contributed by atoms with Crippen LogP contribution in [-0.4, -0.2) is 28.9 Å². The SMILES string of the molecule is Cc1cccnc1CC(C)N(C)C(=O)c1cccc(-c2cccc(F)c2)c1. The number of aromatic nitrogens is 1. The van der Waals surface area contributed by atoms with Gasteiger partial charge in [0.1, 0.15) is 5.82 Å². The van der Waals surface area contributed by atoms with E-state index < -0.39 is 0 Å². The Balaban J connectivity index is 1.79.